The Bertz CT molecular complexity index is 970. The highest BCUT2D eigenvalue weighted by atomic mass is 32.1. The van der Waals surface area contributed by atoms with Crippen LogP contribution in [-0.4, -0.2) is 47.3 Å². The number of thiophene rings is 1. The van der Waals surface area contributed by atoms with Gasteiger partial charge in [-0.05, 0) is 42.5 Å². The van der Waals surface area contributed by atoms with Crippen LogP contribution in [0.3, 0.4) is 0 Å². The lowest BCUT2D eigenvalue weighted by molar-refractivity contribution is -0.159. The predicted octanol–water partition coefficient (Wildman–Crippen LogP) is 3.38. The zero-order chi connectivity index (χ0) is 21.6. The fraction of sp³-hybridized carbons (Fsp3) is 0.435. The van der Waals surface area contributed by atoms with Crippen LogP contribution < -0.4 is 4.90 Å². The number of benzene rings is 1. The van der Waals surface area contributed by atoms with Crippen molar-refractivity contribution in [2.24, 2.45) is 11.8 Å². The molecule has 1 saturated carbocycles. The number of Topliss-reactive ketones (excluding diaryl/α,β-unsaturated/α-hetero) is 1. The molecule has 1 aromatic carbocycles. The van der Waals surface area contributed by atoms with Crippen molar-refractivity contribution in [3.8, 4) is 0 Å². The number of nitrogens with zero attached hydrogens (tertiary/aromatic N) is 2. The summed E-state index contributed by atoms with van der Waals surface area (Å²) in [6, 6.07) is 10.9. The van der Waals surface area contributed by atoms with Crippen LogP contribution in [-0.2, 0) is 20.8 Å². The average Bonchev–Trinajstić information content (AvgIpc) is 3.40. The predicted molar refractivity (Wildman–Crippen MR) is 116 cm³/mol. The Labute approximate surface area is 180 Å². The smallest absolute Gasteiger partial charge is 0.329 e. The fourth-order valence-corrected chi connectivity index (χ4v) is 5.87. The largest absolute Gasteiger partial charge is 0.479 e. The van der Waals surface area contributed by atoms with E-state index in [0.29, 0.717) is 12.8 Å². The Morgan fingerprint density at radius 1 is 1.23 bits per heavy atom. The van der Waals surface area contributed by atoms with Gasteiger partial charge in [-0.2, -0.15) is 0 Å². The summed E-state index contributed by atoms with van der Waals surface area (Å²) in [7, 11) is 3.89. The topological polar surface area (TPSA) is 77.9 Å². The van der Waals surface area contributed by atoms with Crippen LogP contribution in [0.2, 0.25) is 0 Å². The first-order chi connectivity index (χ1) is 14.2. The highest BCUT2D eigenvalue weighted by Crippen LogP contribution is 2.56. The Morgan fingerprint density at radius 3 is 2.50 bits per heavy atom. The molecule has 2 heterocycles. The van der Waals surface area contributed by atoms with Crippen LogP contribution in [0.15, 0.2) is 41.8 Å². The van der Waals surface area contributed by atoms with Crippen molar-refractivity contribution in [2.75, 3.05) is 19.0 Å². The van der Waals surface area contributed by atoms with Gasteiger partial charge < -0.3 is 14.9 Å². The third kappa shape index (κ3) is 3.12. The third-order valence-electron chi connectivity index (χ3n) is 6.71. The molecule has 1 N–H and O–H groups in total. The van der Waals surface area contributed by atoms with Crippen molar-refractivity contribution in [1.29, 1.82) is 0 Å². The van der Waals surface area contributed by atoms with E-state index in [2.05, 4.69) is 0 Å². The average molecular weight is 427 g/mol. The van der Waals surface area contributed by atoms with Gasteiger partial charge in [0.05, 0.1) is 12.5 Å². The standard InChI is InChI=1S/C23H26N2O4S/c1-23(22(28)29)17-10-11-18(26)20(17)21(14-6-8-15(9-7-14)24(2)3)25(23)19(27)13-16-5-4-12-30-16/h4-9,12,17,20-21H,10-11,13H2,1-3H3,(H,28,29). The van der Waals surface area contributed by atoms with Gasteiger partial charge in [0.2, 0.25) is 5.91 Å². The number of amides is 1. The molecule has 1 aliphatic heterocycles. The second-order valence-electron chi connectivity index (χ2n) is 8.54. The number of anilines is 1. The molecule has 7 heteroatoms. The number of likely N-dealkylation sites (tertiary alicyclic amines) is 1. The van der Waals surface area contributed by atoms with Crippen molar-refractivity contribution in [3.63, 3.8) is 0 Å². The van der Waals surface area contributed by atoms with Crippen LogP contribution in [0, 0.1) is 11.8 Å². The summed E-state index contributed by atoms with van der Waals surface area (Å²) in [6.45, 7) is 1.62. The van der Waals surface area contributed by atoms with E-state index in [9.17, 15) is 19.5 Å². The van der Waals surface area contributed by atoms with Gasteiger partial charge in [-0.1, -0.05) is 18.2 Å². The first-order valence-electron chi connectivity index (χ1n) is 10.1. The summed E-state index contributed by atoms with van der Waals surface area (Å²) >= 11 is 1.48. The maximum Gasteiger partial charge on any atom is 0.329 e. The summed E-state index contributed by atoms with van der Waals surface area (Å²) in [4.78, 5) is 43.2. The molecule has 1 aromatic heterocycles. The Hall–Kier alpha value is -2.67. The monoisotopic (exact) mass is 426 g/mol. The van der Waals surface area contributed by atoms with E-state index in [-0.39, 0.29) is 24.0 Å². The maximum absolute atomic E-state index is 13.5. The lowest BCUT2D eigenvalue weighted by Gasteiger charge is -2.38. The molecular formula is C23H26N2O4S. The molecule has 1 aliphatic carbocycles. The number of hydrogen-bond donors (Lipinski definition) is 1. The molecule has 30 heavy (non-hydrogen) atoms. The third-order valence-corrected chi connectivity index (χ3v) is 7.58. The van der Waals surface area contributed by atoms with E-state index < -0.39 is 23.5 Å². The van der Waals surface area contributed by atoms with Crippen molar-refractivity contribution in [1.82, 2.24) is 4.90 Å². The van der Waals surface area contributed by atoms with Gasteiger partial charge in [-0.3, -0.25) is 9.59 Å². The molecular weight excluding hydrogens is 400 g/mol. The summed E-state index contributed by atoms with van der Waals surface area (Å²) in [5, 5.41) is 12.1. The van der Waals surface area contributed by atoms with Crippen LogP contribution in [0.4, 0.5) is 5.69 Å². The minimum Gasteiger partial charge on any atom is -0.479 e. The van der Waals surface area contributed by atoms with E-state index in [1.807, 2.05) is 60.8 Å². The van der Waals surface area contributed by atoms with Gasteiger partial charge in [0.15, 0.2) is 0 Å². The second-order valence-corrected chi connectivity index (χ2v) is 9.57. The number of carboxylic acids is 1. The number of aliphatic carboxylic acids is 1. The molecule has 0 spiro atoms. The van der Waals surface area contributed by atoms with E-state index in [1.165, 1.54) is 16.2 Å². The van der Waals surface area contributed by atoms with Crippen LogP contribution in [0.25, 0.3) is 0 Å². The number of ketones is 1. The number of fused-ring (bicyclic) bond motifs is 1. The molecule has 4 atom stereocenters. The van der Waals surface area contributed by atoms with E-state index in [0.717, 1.165) is 16.1 Å². The Kier molecular flexibility index (Phi) is 5.18. The van der Waals surface area contributed by atoms with Gasteiger partial charge >= 0.3 is 5.97 Å². The van der Waals surface area contributed by atoms with Crippen LogP contribution >= 0.6 is 11.3 Å². The number of carbonyl (C=O) groups excluding carboxylic acids is 2. The minimum absolute atomic E-state index is 0.0561. The molecule has 4 rings (SSSR count). The molecule has 2 aromatic rings. The highest BCUT2D eigenvalue weighted by molar-refractivity contribution is 7.10. The molecule has 1 amide bonds. The van der Waals surface area contributed by atoms with Crippen molar-refractivity contribution >= 4 is 34.7 Å². The zero-order valence-corrected chi connectivity index (χ0v) is 18.2. The molecule has 158 valence electrons. The zero-order valence-electron chi connectivity index (χ0n) is 17.4. The van der Waals surface area contributed by atoms with Gasteiger partial charge in [-0.25, -0.2) is 4.79 Å². The van der Waals surface area contributed by atoms with E-state index in [4.69, 9.17) is 0 Å². The van der Waals surface area contributed by atoms with Crippen LogP contribution in [0.5, 0.6) is 0 Å². The number of carbonyl (C=O) groups is 3. The van der Waals surface area contributed by atoms with E-state index >= 15 is 0 Å². The molecule has 4 unspecified atom stereocenters. The Balaban J connectivity index is 1.81. The summed E-state index contributed by atoms with van der Waals surface area (Å²) in [5.74, 6) is -2.09. The van der Waals surface area contributed by atoms with Gasteiger partial charge in [0.25, 0.3) is 0 Å². The molecule has 0 bridgehead atoms. The van der Waals surface area contributed by atoms with Crippen molar-refractivity contribution in [2.45, 2.75) is 37.8 Å². The molecule has 1 saturated heterocycles. The summed E-state index contributed by atoms with van der Waals surface area (Å²) in [6.07, 6.45) is 1.01. The minimum atomic E-state index is -1.41. The van der Waals surface area contributed by atoms with Gasteiger partial charge in [-0.15, -0.1) is 11.3 Å². The lowest BCUT2D eigenvalue weighted by Crippen LogP contribution is -2.55. The van der Waals surface area contributed by atoms with Gasteiger partial charge in [0.1, 0.15) is 11.3 Å². The first kappa shape index (κ1) is 20.6. The SMILES string of the molecule is CN(C)c1ccc(C2C3C(=O)CCC3C(C)(C(=O)O)N2C(=O)Cc2cccs2)cc1. The van der Waals surface area contributed by atoms with Crippen molar-refractivity contribution in [3.05, 3.63) is 52.2 Å². The first-order valence-corrected chi connectivity index (χ1v) is 11.0. The molecule has 0 radical (unpaired) electrons. The maximum atomic E-state index is 13.5. The van der Waals surface area contributed by atoms with E-state index in [1.54, 1.807) is 6.92 Å². The number of rotatable bonds is 5. The highest BCUT2D eigenvalue weighted by Gasteiger charge is 2.65. The normalized spacial score (nSPS) is 27.9. The number of hydrogen-bond acceptors (Lipinski definition) is 5. The Morgan fingerprint density at radius 2 is 1.93 bits per heavy atom. The van der Waals surface area contributed by atoms with Gasteiger partial charge in [0, 0.05) is 42.9 Å². The van der Waals surface area contributed by atoms with Crippen molar-refractivity contribution < 1.29 is 19.5 Å². The molecule has 2 aliphatic rings. The number of carboxylic acid groups (broad SMARTS) is 1. The molecule has 6 nitrogen and oxygen atoms in total. The quantitative estimate of drug-likeness (QED) is 0.793. The van der Waals surface area contributed by atoms with Crippen LogP contribution in [0.1, 0.15) is 36.2 Å². The second kappa shape index (κ2) is 7.54. The molecule has 2 fully saturated rings. The lowest BCUT2D eigenvalue weighted by atomic mass is 9.80. The summed E-state index contributed by atoms with van der Waals surface area (Å²) in [5.41, 5.74) is 0.412. The fourth-order valence-electron chi connectivity index (χ4n) is 5.17. The summed E-state index contributed by atoms with van der Waals surface area (Å²) < 4.78 is 0.